The third kappa shape index (κ3) is 1.38. The minimum Gasteiger partial charge on any atom is -0.346 e. The first-order chi connectivity index (χ1) is 6.68. The summed E-state index contributed by atoms with van der Waals surface area (Å²) in [4.78, 5) is 13.2. The molecule has 0 aliphatic carbocycles. The number of benzene rings is 1. The van der Waals surface area contributed by atoms with Gasteiger partial charge in [-0.3, -0.25) is 10.1 Å². The number of aromatic amines is 1. The van der Waals surface area contributed by atoms with Crippen molar-refractivity contribution in [2.75, 3.05) is 0 Å². The van der Waals surface area contributed by atoms with Crippen LogP contribution in [0, 0.1) is 14.8 Å². The summed E-state index contributed by atoms with van der Waals surface area (Å²) in [6.07, 6.45) is 0. The molecule has 0 fully saturated rings. The van der Waals surface area contributed by atoms with E-state index in [0.717, 1.165) is 0 Å². The van der Waals surface area contributed by atoms with Crippen LogP contribution < -0.4 is 0 Å². The van der Waals surface area contributed by atoms with E-state index in [1.54, 1.807) is 24.3 Å². The first-order valence-electron chi connectivity index (χ1n) is 3.95. The van der Waals surface area contributed by atoms with Crippen LogP contribution in [0.1, 0.15) is 0 Å². The fourth-order valence-corrected chi connectivity index (χ4v) is 1.51. The van der Waals surface area contributed by atoms with Crippen LogP contribution in [0.4, 0.5) is 5.69 Å². The van der Waals surface area contributed by atoms with E-state index >= 15 is 0 Å². The summed E-state index contributed by atoms with van der Waals surface area (Å²) in [5.74, 6) is 0. The van der Waals surface area contributed by atoms with Crippen LogP contribution in [0.25, 0.3) is 10.9 Å². The van der Waals surface area contributed by atoms with Gasteiger partial charge in [-0.05, 0) is 18.2 Å². The van der Waals surface area contributed by atoms with Crippen LogP contribution in [0.3, 0.4) is 0 Å². The fraction of sp³-hybridized carbons (Fsp3) is 0. The SMILES string of the molecule is O=[N+]([O-])c1cccc2[nH]c(=S)ccc12. The van der Waals surface area contributed by atoms with Gasteiger partial charge < -0.3 is 4.98 Å². The van der Waals surface area contributed by atoms with E-state index in [0.29, 0.717) is 15.5 Å². The first kappa shape index (κ1) is 8.83. The third-order valence-electron chi connectivity index (χ3n) is 1.94. The Hall–Kier alpha value is -1.75. The first-order valence-corrected chi connectivity index (χ1v) is 4.36. The molecule has 0 atom stereocenters. The van der Waals surface area contributed by atoms with Crippen LogP contribution >= 0.6 is 12.2 Å². The maximum absolute atomic E-state index is 10.7. The Morgan fingerprint density at radius 2 is 2.07 bits per heavy atom. The molecule has 1 N–H and O–H groups in total. The lowest BCUT2D eigenvalue weighted by Crippen LogP contribution is -1.90. The molecule has 2 rings (SSSR count). The Morgan fingerprint density at radius 3 is 2.79 bits per heavy atom. The standard InChI is InChI=1S/C9H6N2O2S/c12-11(13)8-3-1-2-7-6(8)4-5-9(14)10-7/h1-5H,(H,10,14). The summed E-state index contributed by atoms with van der Waals surface area (Å²) in [6, 6.07) is 8.17. The van der Waals surface area contributed by atoms with Crippen molar-refractivity contribution in [1.82, 2.24) is 4.98 Å². The van der Waals surface area contributed by atoms with Gasteiger partial charge in [0.1, 0.15) is 4.64 Å². The van der Waals surface area contributed by atoms with Crippen LogP contribution in [-0.4, -0.2) is 9.91 Å². The molecule has 5 heteroatoms. The molecule has 4 nitrogen and oxygen atoms in total. The lowest BCUT2D eigenvalue weighted by molar-refractivity contribution is -0.383. The number of hydrogen-bond donors (Lipinski definition) is 1. The van der Waals surface area contributed by atoms with Crippen LogP contribution in [-0.2, 0) is 0 Å². The summed E-state index contributed by atoms with van der Waals surface area (Å²) in [6.45, 7) is 0. The summed E-state index contributed by atoms with van der Waals surface area (Å²) in [5.41, 5.74) is 0.778. The zero-order valence-electron chi connectivity index (χ0n) is 7.06. The second kappa shape index (κ2) is 3.19. The molecule has 0 bridgehead atoms. The van der Waals surface area contributed by atoms with Gasteiger partial charge in [0.2, 0.25) is 0 Å². The predicted octanol–water partition coefficient (Wildman–Crippen LogP) is 2.81. The van der Waals surface area contributed by atoms with E-state index in [9.17, 15) is 10.1 Å². The molecular formula is C9H6N2O2S. The minimum atomic E-state index is -0.404. The summed E-state index contributed by atoms with van der Waals surface area (Å²) < 4.78 is 0.568. The Kier molecular flexibility index (Phi) is 2.01. The lowest BCUT2D eigenvalue weighted by atomic mass is 10.2. The summed E-state index contributed by atoms with van der Waals surface area (Å²) >= 11 is 4.92. The van der Waals surface area contributed by atoms with E-state index in [4.69, 9.17) is 12.2 Å². The van der Waals surface area contributed by atoms with Crippen molar-refractivity contribution in [2.24, 2.45) is 0 Å². The van der Waals surface area contributed by atoms with Gasteiger partial charge in [-0.25, -0.2) is 0 Å². The highest BCUT2D eigenvalue weighted by molar-refractivity contribution is 7.71. The largest absolute Gasteiger partial charge is 0.346 e. The zero-order valence-corrected chi connectivity index (χ0v) is 7.88. The van der Waals surface area contributed by atoms with Crippen LogP contribution in [0.15, 0.2) is 30.3 Å². The predicted molar refractivity (Wildman–Crippen MR) is 55.8 cm³/mol. The monoisotopic (exact) mass is 206 g/mol. The molecule has 0 amide bonds. The van der Waals surface area contributed by atoms with Gasteiger partial charge in [-0.2, -0.15) is 0 Å². The number of non-ortho nitro benzene ring substituents is 1. The summed E-state index contributed by atoms with van der Waals surface area (Å²) in [5, 5.41) is 11.2. The number of nitrogens with one attached hydrogen (secondary N) is 1. The molecule has 70 valence electrons. The molecule has 0 radical (unpaired) electrons. The number of rotatable bonds is 1. The normalized spacial score (nSPS) is 10.3. The summed E-state index contributed by atoms with van der Waals surface area (Å²) in [7, 11) is 0. The molecule has 1 aromatic carbocycles. The Labute approximate surface area is 84.3 Å². The van der Waals surface area contributed by atoms with Crippen molar-refractivity contribution in [2.45, 2.75) is 0 Å². The molecule has 1 heterocycles. The zero-order chi connectivity index (χ0) is 10.1. The molecule has 0 aliphatic rings. The van der Waals surface area contributed by atoms with Crippen molar-refractivity contribution < 1.29 is 4.92 Å². The molecule has 14 heavy (non-hydrogen) atoms. The number of H-pyrrole nitrogens is 1. The smallest absolute Gasteiger partial charge is 0.278 e. The second-order valence-electron chi connectivity index (χ2n) is 2.82. The van der Waals surface area contributed by atoms with Gasteiger partial charge in [-0.1, -0.05) is 18.3 Å². The van der Waals surface area contributed by atoms with Crippen molar-refractivity contribution in [3.63, 3.8) is 0 Å². The van der Waals surface area contributed by atoms with Crippen molar-refractivity contribution in [3.8, 4) is 0 Å². The molecular weight excluding hydrogens is 200 g/mol. The highest BCUT2D eigenvalue weighted by atomic mass is 32.1. The molecule has 1 aromatic heterocycles. The van der Waals surface area contributed by atoms with E-state index in [1.165, 1.54) is 6.07 Å². The third-order valence-corrected chi connectivity index (χ3v) is 2.18. The fourth-order valence-electron chi connectivity index (χ4n) is 1.33. The van der Waals surface area contributed by atoms with Crippen molar-refractivity contribution in [3.05, 3.63) is 45.1 Å². The second-order valence-corrected chi connectivity index (χ2v) is 3.26. The highest BCUT2D eigenvalue weighted by Gasteiger charge is 2.09. The number of hydrogen-bond acceptors (Lipinski definition) is 3. The average Bonchev–Trinajstić information content (AvgIpc) is 2.16. The Morgan fingerprint density at radius 1 is 1.29 bits per heavy atom. The Bertz CT molecular complexity index is 562. The van der Waals surface area contributed by atoms with Gasteiger partial charge >= 0.3 is 0 Å². The molecule has 0 unspecified atom stereocenters. The lowest BCUT2D eigenvalue weighted by Gasteiger charge is -1.98. The number of nitrogens with zero attached hydrogens (tertiary/aromatic N) is 1. The van der Waals surface area contributed by atoms with E-state index in [-0.39, 0.29) is 5.69 Å². The van der Waals surface area contributed by atoms with Crippen LogP contribution in [0.5, 0.6) is 0 Å². The molecule has 0 saturated carbocycles. The van der Waals surface area contributed by atoms with Gasteiger partial charge in [0.15, 0.2) is 0 Å². The number of aromatic nitrogens is 1. The van der Waals surface area contributed by atoms with E-state index in [1.807, 2.05) is 0 Å². The number of nitro groups is 1. The highest BCUT2D eigenvalue weighted by Crippen LogP contribution is 2.23. The molecule has 0 spiro atoms. The Balaban J connectivity index is 2.88. The van der Waals surface area contributed by atoms with Crippen molar-refractivity contribution >= 4 is 28.8 Å². The van der Waals surface area contributed by atoms with Gasteiger partial charge in [-0.15, -0.1) is 0 Å². The minimum absolute atomic E-state index is 0.0914. The van der Waals surface area contributed by atoms with Gasteiger partial charge in [0.25, 0.3) is 5.69 Å². The van der Waals surface area contributed by atoms with Gasteiger partial charge in [0, 0.05) is 6.07 Å². The van der Waals surface area contributed by atoms with E-state index < -0.39 is 4.92 Å². The van der Waals surface area contributed by atoms with E-state index in [2.05, 4.69) is 4.98 Å². The maximum Gasteiger partial charge on any atom is 0.278 e. The topological polar surface area (TPSA) is 58.9 Å². The van der Waals surface area contributed by atoms with Crippen LogP contribution in [0.2, 0.25) is 0 Å². The number of pyridine rings is 1. The van der Waals surface area contributed by atoms with Crippen molar-refractivity contribution in [1.29, 1.82) is 0 Å². The quantitative estimate of drug-likeness (QED) is 0.443. The van der Waals surface area contributed by atoms with Gasteiger partial charge in [0.05, 0.1) is 15.8 Å². The maximum atomic E-state index is 10.7. The average molecular weight is 206 g/mol. The molecule has 2 aromatic rings. The number of nitro benzene ring substituents is 1. The molecule has 0 saturated heterocycles. The number of fused-ring (bicyclic) bond motifs is 1. The molecule has 0 aliphatic heterocycles.